The molecular formula is C21H32N2O4S. The number of benzene rings is 1. The highest BCUT2D eigenvalue weighted by Crippen LogP contribution is 2.33. The number of hydrogen-bond donors (Lipinski definition) is 0. The lowest BCUT2D eigenvalue weighted by atomic mass is 10.1. The molecular weight excluding hydrogens is 376 g/mol. The van der Waals surface area contributed by atoms with Gasteiger partial charge in [0.25, 0.3) is 5.91 Å². The first-order valence-corrected chi connectivity index (χ1v) is 11.8. The molecule has 0 N–H and O–H groups in total. The summed E-state index contributed by atoms with van der Waals surface area (Å²) in [6.45, 7) is 5.94. The minimum absolute atomic E-state index is 0.0470. The Morgan fingerprint density at radius 1 is 1.25 bits per heavy atom. The van der Waals surface area contributed by atoms with Gasteiger partial charge in [-0.2, -0.15) is 4.31 Å². The van der Waals surface area contributed by atoms with Crippen LogP contribution in [-0.4, -0.2) is 56.3 Å². The number of nitrogens with zero attached hydrogens (tertiary/aromatic N) is 2. The summed E-state index contributed by atoms with van der Waals surface area (Å²) < 4.78 is 33.6. The number of piperidine rings is 1. The highest BCUT2D eigenvalue weighted by molar-refractivity contribution is 7.89. The smallest absolute Gasteiger partial charge is 0.253 e. The molecule has 1 atom stereocenters. The molecule has 0 radical (unpaired) electrons. The summed E-state index contributed by atoms with van der Waals surface area (Å²) in [5, 5.41) is 0. The molecule has 1 saturated carbocycles. The summed E-state index contributed by atoms with van der Waals surface area (Å²) in [4.78, 5) is 15.0. The zero-order valence-electron chi connectivity index (χ0n) is 17.2. The van der Waals surface area contributed by atoms with Gasteiger partial charge >= 0.3 is 0 Å². The lowest BCUT2D eigenvalue weighted by Crippen LogP contribution is -2.42. The van der Waals surface area contributed by atoms with Gasteiger partial charge in [-0.25, -0.2) is 8.42 Å². The molecule has 6 nitrogen and oxygen atoms in total. The molecule has 7 heteroatoms. The molecule has 1 saturated heterocycles. The van der Waals surface area contributed by atoms with Gasteiger partial charge in [0.2, 0.25) is 10.0 Å². The Labute approximate surface area is 168 Å². The number of amides is 1. The SMILES string of the molecule is CCCN(CC1CC1)C(=O)c1ccc(OC)c(S(=O)(=O)N2CCCCC2C)c1. The second kappa shape index (κ2) is 8.82. The average Bonchev–Trinajstić information content (AvgIpc) is 3.51. The molecule has 1 unspecified atom stereocenters. The zero-order valence-corrected chi connectivity index (χ0v) is 18.0. The molecule has 2 aliphatic rings. The third-order valence-electron chi connectivity index (χ3n) is 5.70. The predicted molar refractivity (Wildman–Crippen MR) is 109 cm³/mol. The van der Waals surface area contributed by atoms with Crippen molar-refractivity contribution in [2.75, 3.05) is 26.7 Å². The third-order valence-corrected chi connectivity index (χ3v) is 7.73. The van der Waals surface area contributed by atoms with E-state index in [9.17, 15) is 13.2 Å². The van der Waals surface area contributed by atoms with Crippen molar-refractivity contribution in [2.45, 2.75) is 63.3 Å². The molecule has 1 aliphatic heterocycles. The molecule has 1 aromatic carbocycles. The van der Waals surface area contributed by atoms with E-state index < -0.39 is 10.0 Å². The lowest BCUT2D eigenvalue weighted by molar-refractivity contribution is 0.0747. The fraction of sp³-hybridized carbons (Fsp3) is 0.667. The Morgan fingerprint density at radius 3 is 2.61 bits per heavy atom. The quantitative estimate of drug-likeness (QED) is 0.660. The summed E-state index contributed by atoms with van der Waals surface area (Å²) in [7, 11) is -2.26. The Bertz CT molecular complexity index is 805. The van der Waals surface area contributed by atoms with Crippen molar-refractivity contribution >= 4 is 15.9 Å². The van der Waals surface area contributed by atoms with Crippen molar-refractivity contribution in [1.29, 1.82) is 0 Å². The summed E-state index contributed by atoms with van der Waals surface area (Å²) in [6.07, 6.45) is 5.97. The molecule has 1 heterocycles. The zero-order chi connectivity index (χ0) is 20.3. The average molecular weight is 409 g/mol. The first-order valence-electron chi connectivity index (χ1n) is 10.4. The van der Waals surface area contributed by atoms with E-state index in [1.807, 2.05) is 11.8 Å². The lowest BCUT2D eigenvalue weighted by Gasteiger charge is -2.32. The second-order valence-corrected chi connectivity index (χ2v) is 9.88. The Kier molecular flexibility index (Phi) is 6.65. The Balaban J connectivity index is 1.93. The molecule has 1 amide bonds. The summed E-state index contributed by atoms with van der Waals surface area (Å²) in [5.41, 5.74) is 0.415. The van der Waals surface area contributed by atoms with Gasteiger partial charge in [-0.05, 0) is 63.1 Å². The minimum atomic E-state index is -3.72. The monoisotopic (exact) mass is 408 g/mol. The number of rotatable bonds is 8. The van der Waals surface area contributed by atoms with Gasteiger partial charge in [0.1, 0.15) is 10.6 Å². The first kappa shape index (κ1) is 21.1. The first-order chi connectivity index (χ1) is 13.4. The maximum absolute atomic E-state index is 13.4. The van der Waals surface area contributed by atoms with E-state index in [1.54, 1.807) is 16.4 Å². The van der Waals surface area contributed by atoms with Crippen LogP contribution in [0.1, 0.15) is 62.7 Å². The van der Waals surface area contributed by atoms with Gasteiger partial charge in [-0.1, -0.05) is 13.3 Å². The van der Waals surface area contributed by atoms with E-state index in [2.05, 4.69) is 6.92 Å². The van der Waals surface area contributed by atoms with E-state index in [4.69, 9.17) is 4.74 Å². The maximum atomic E-state index is 13.4. The fourth-order valence-electron chi connectivity index (χ4n) is 3.91. The molecule has 3 rings (SSSR count). The number of sulfonamides is 1. The maximum Gasteiger partial charge on any atom is 0.253 e. The number of carbonyl (C=O) groups excluding carboxylic acids is 1. The van der Waals surface area contributed by atoms with Crippen LogP contribution in [0.4, 0.5) is 0 Å². The molecule has 0 aromatic heterocycles. The van der Waals surface area contributed by atoms with E-state index >= 15 is 0 Å². The summed E-state index contributed by atoms with van der Waals surface area (Å²) in [5.74, 6) is 0.782. The standard InChI is InChI=1S/C21H32N2O4S/c1-4-12-22(15-17-8-9-17)21(24)18-10-11-19(27-3)20(14-18)28(25,26)23-13-6-5-7-16(23)2/h10-11,14,16-17H,4-9,12-13,15H2,1-3H3. The number of carbonyl (C=O) groups is 1. The largest absolute Gasteiger partial charge is 0.495 e. The van der Waals surface area contributed by atoms with Crippen LogP contribution in [0.25, 0.3) is 0 Å². The predicted octanol–water partition coefficient (Wildman–Crippen LogP) is 3.52. The number of hydrogen-bond acceptors (Lipinski definition) is 4. The van der Waals surface area contributed by atoms with Crippen LogP contribution in [0.5, 0.6) is 5.75 Å². The van der Waals surface area contributed by atoms with Crippen LogP contribution in [0.3, 0.4) is 0 Å². The molecule has 1 aliphatic carbocycles. The number of ether oxygens (including phenoxy) is 1. The summed E-state index contributed by atoms with van der Waals surface area (Å²) in [6, 6.07) is 4.74. The summed E-state index contributed by atoms with van der Waals surface area (Å²) >= 11 is 0. The molecule has 28 heavy (non-hydrogen) atoms. The Morgan fingerprint density at radius 2 is 2.00 bits per heavy atom. The van der Waals surface area contributed by atoms with Gasteiger partial charge in [0, 0.05) is 31.2 Å². The Hall–Kier alpha value is -1.60. The topological polar surface area (TPSA) is 66.9 Å². The van der Waals surface area contributed by atoms with E-state index in [-0.39, 0.29) is 16.8 Å². The fourth-order valence-corrected chi connectivity index (χ4v) is 5.79. The second-order valence-electron chi connectivity index (χ2n) is 8.02. The molecule has 0 spiro atoms. The highest BCUT2D eigenvalue weighted by Gasteiger charge is 2.34. The van der Waals surface area contributed by atoms with Crippen LogP contribution in [0.2, 0.25) is 0 Å². The minimum Gasteiger partial charge on any atom is -0.495 e. The van der Waals surface area contributed by atoms with Gasteiger partial charge in [-0.15, -0.1) is 0 Å². The van der Waals surface area contributed by atoms with Crippen LogP contribution in [0, 0.1) is 5.92 Å². The van der Waals surface area contributed by atoms with Crippen LogP contribution in [0.15, 0.2) is 23.1 Å². The van der Waals surface area contributed by atoms with Crippen LogP contribution < -0.4 is 4.74 Å². The molecule has 156 valence electrons. The molecule has 1 aromatic rings. The molecule has 2 fully saturated rings. The number of methoxy groups -OCH3 is 1. The van der Waals surface area contributed by atoms with Crippen molar-refractivity contribution in [2.24, 2.45) is 5.92 Å². The van der Waals surface area contributed by atoms with Gasteiger partial charge in [-0.3, -0.25) is 4.79 Å². The highest BCUT2D eigenvalue weighted by atomic mass is 32.2. The van der Waals surface area contributed by atoms with Crippen molar-refractivity contribution in [3.8, 4) is 5.75 Å². The van der Waals surface area contributed by atoms with Crippen molar-refractivity contribution in [1.82, 2.24) is 9.21 Å². The van der Waals surface area contributed by atoms with E-state index in [0.717, 1.165) is 32.2 Å². The van der Waals surface area contributed by atoms with Gasteiger partial charge < -0.3 is 9.64 Å². The van der Waals surface area contributed by atoms with Crippen LogP contribution >= 0.6 is 0 Å². The third kappa shape index (κ3) is 4.51. The van der Waals surface area contributed by atoms with Crippen molar-refractivity contribution < 1.29 is 17.9 Å². The van der Waals surface area contributed by atoms with Gasteiger partial charge in [0.05, 0.1) is 7.11 Å². The van der Waals surface area contributed by atoms with Crippen molar-refractivity contribution in [3.05, 3.63) is 23.8 Å². The van der Waals surface area contributed by atoms with E-state index in [0.29, 0.717) is 30.3 Å². The normalized spacial score (nSPS) is 20.8. The van der Waals surface area contributed by atoms with Gasteiger partial charge in [0.15, 0.2) is 0 Å². The van der Waals surface area contributed by atoms with Crippen molar-refractivity contribution in [3.63, 3.8) is 0 Å². The molecule has 0 bridgehead atoms. The van der Waals surface area contributed by atoms with E-state index in [1.165, 1.54) is 26.0 Å². The van der Waals surface area contributed by atoms with Crippen LogP contribution in [-0.2, 0) is 10.0 Å².